The summed E-state index contributed by atoms with van der Waals surface area (Å²) in [6, 6.07) is 28.4. The predicted molar refractivity (Wildman–Crippen MR) is 119 cm³/mol. The Balaban J connectivity index is 1.56. The molecular formula is C25H21N3O. The first-order valence-electron chi connectivity index (χ1n) is 9.77. The van der Waals surface area contributed by atoms with Gasteiger partial charge >= 0.3 is 0 Å². The van der Waals surface area contributed by atoms with Crippen molar-refractivity contribution in [1.29, 1.82) is 0 Å². The zero-order chi connectivity index (χ0) is 19.6. The van der Waals surface area contributed by atoms with E-state index >= 15 is 0 Å². The van der Waals surface area contributed by atoms with Crippen LogP contribution in [0.1, 0.15) is 5.56 Å². The molecule has 3 N–H and O–H groups in total. The summed E-state index contributed by atoms with van der Waals surface area (Å²) in [5, 5.41) is 16.2. The standard InChI is InChI=1S/C25H21N3O/c29-25-24(19-11-5-7-13-21(19)28-25)23-16-22(18-10-4-6-12-20(18)27-23)26-15-14-17-8-2-1-3-9-17/h1-13,16,28-29H,14-15H2,(H,26,27). The molecule has 4 heteroatoms. The largest absolute Gasteiger partial charge is 0.494 e. The molecule has 0 saturated carbocycles. The van der Waals surface area contributed by atoms with E-state index in [-0.39, 0.29) is 5.88 Å². The van der Waals surface area contributed by atoms with Gasteiger partial charge in [0.15, 0.2) is 5.88 Å². The second-order valence-corrected chi connectivity index (χ2v) is 7.13. The van der Waals surface area contributed by atoms with E-state index in [1.54, 1.807) is 0 Å². The Bertz CT molecular complexity index is 1290. The van der Waals surface area contributed by atoms with Gasteiger partial charge in [0.25, 0.3) is 0 Å². The smallest absolute Gasteiger partial charge is 0.199 e. The maximum absolute atomic E-state index is 10.6. The molecule has 4 nitrogen and oxygen atoms in total. The molecule has 142 valence electrons. The first-order chi connectivity index (χ1) is 14.3. The van der Waals surface area contributed by atoms with Gasteiger partial charge in [-0.3, -0.25) is 0 Å². The van der Waals surface area contributed by atoms with E-state index < -0.39 is 0 Å². The molecule has 0 spiro atoms. The normalized spacial score (nSPS) is 11.2. The van der Waals surface area contributed by atoms with Crippen molar-refractivity contribution in [2.75, 3.05) is 11.9 Å². The Kier molecular flexibility index (Phi) is 4.37. The highest BCUT2D eigenvalue weighted by Gasteiger charge is 2.16. The van der Waals surface area contributed by atoms with Crippen LogP contribution >= 0.6 is 0 Å². The zero-order valence-electron chi connectivity index (χ0n) is 15.9. The lowest BCUT2D eigenvalue weighted by atomic mass is 10.1. The average Bonchev–Trinajstić information content (AvgIpc) is 3.10. The summed E-state index contributed by atoms with van der Waals surface area (Å²) in [6.07, 6.45) is 0.936. The number of rotatable bonds is 5. The Morgan fingerprint density at radius 1 is 0.828 bits per heavy atom. The molecule has 2 heterocycles. The van der Waals surface area contributed by atoms with Crippen molar-refractivity contribution in [2.45, 2.75) is 6.42 Å². The third-order valence-electron chi connectivity index (χ3n) is 5.23. The second-order valence-electron chi connectivity index (χ2n) is 7.13. The van der Waals surface area contributed by atoms with E-state index in [4.69, 9.17) is 4.98 Å². The van der Waals surface area contributed by atoms with Crippen LogP contribution in [-0.2, 0) is 6.42 Å². The molecule has 3 aromatic carbocycles. The van der Waals surface area contributed by atoms with Crippen LogP contribution in [0, 0.1) is 0 Å². The van der Waals surface area contributed by atoms with Gasteiger partial charge in [0.1, 0.15) is 0 Å². The third kappa shape index (κ3) is 3.29. The molecule has 0 radical (unpaired) electrons. The fourth-order valence-electron chi connectivity index (χ4n) is 3.82. The number of hydrogen-bond donors (Lipinski definition) is 3. The van der Waals surface area contributed by atoms with Gasteiger partial charge in [-0.05, 0) is 30.2 Å². The van der Waals surface area contributed by atoms with Gasteiger partial charge < -0.3 is 15.4 Å². The number of anilines is 1. The first-order valence-corrected chi connectivity index (χ1v) is 9.77. The van der Waals surface area contributed by atoms with Crippen molar-refractivity contribution in [2.24, 2.45) is 0 Å². The number of H-pyrrole nitrogens is 1. The van der Waals surface area contributed by atoms with Gasteiger partial charge in [-0.15, -0.1) is 0 Å². The number of nitrogens with zero attached hydrogens (tertiary/aromatic N) is 1. The van der Waals surface area contributed by atoms with Crippen LogP contribution in [0.4, 0.5) is 5.69 Å². The number of hydrogen-bond acceptors (Lipinski definition) is 3. The number of benzene rings is 3. The number of para-hydroxylation sites is 2. The van der Waals surface area contributed by atoms with Crippen LogP contribution in [0.2, 0.25) is 0 Å². The molecule has 0 atom stereocenters. The minimum absolute atomic E-state index is 0.143. The van der Waals surface area contributed by atoms with Crippen molar-refractivity contribution in [1.82, 2.24) is 9.97 Å². The van der Waals surface area contributed by atoms with E-state index in [1.165, 1.54) is 5.56 Å². The lowest BCUT2D eigenvalue weighted by Crippen LogP contribution is -2.06. The minimum atomic E-state index is 0.143. The Hall–Kier alpha value is -3.79. The monoisotopic (exact) mass is 379 g/mol. The molecule has 0 bridgehead atoms. The quantitative estimate of drug-likeness (QED) is 0.365. The Labute approximate surface area is 168 Å². The highest BCUT2D eigenvalue weighted by Crippen LogP contribution is 2.38. The highest BCUT2D eigenvalue weighted by molar-refractivity contribution is 6.01. The van der Waals surface area contributed by atoms with Gasteiger partial charge in [-0.1, -0.05) is 66.7 Å². The maximum Gasteiger partial charge on any atom is 0.199 e. The predicted octanol–water partition coefficient (Wildman–Crippen LogP) is 5.74. The molecule has 5 rings (SSSR count). The highest BCUT2D eigenvalue weighted by atomic mass is 16.3. The SMILES string of the molecule is Oc1[nH]c2ccccc2c1-c1cc(NCCc2ccccc2)c2ccccc2n1. The lowest BCUT2D eigenvalue weighted by Gasteiger charge is -2.12. The number of aromatic nitrogens is 2. The van der Waals surface area contributed by atoms with Crippen molar-refractivity contribution >= 4 is 27.5 Å². The number of aromatic hydroxyl groups is 1. The van der Waals surface area contributed by atoms with E-state index in [0.717, 1.165) is 51.7 Å². The summed E-state index contributed by atoms with van der Waals surface area (Å²) in [4.78, 5) is 7.89. The zero-order valence-corrected chi connectivity index (χ0v) is 15.9. The van der Waals surface area contributed by atoms with Gasteiger partial charge in [-0.2, -0.15) is 0 Å². The van der Waals surface area contributed by atoms with Crippen LogP contribution in [0.25, 0.3) is 33.1 Å². The topological polar surface area (TPSA) is 60.9 Å². The molecule has 29 heavy (non-hydrogen) atoms. The van der Waals surface area contributed by atoms with Crippen molar-refractivity contribution in [3.8, 4) is 17.1 Å². The lowest BCUT2D eigenvalue weighted by molar-refractivity contribution is 0.460. The average molecular weight is 379 g/mol. The number of fused-ring (bicyclic) bond motifs is 2. The van der Waals surface area contributed by atoms with Gasteiger partial charge in [0.05, 0.1) is 16.8 Å². The van der Waals surface area contributed by atoms with E-state index in [0.29, 0.717) is 0 Å². The van der Waals surface area contributed by atoms with Crippen LogP contribution < -0.4 is 5.32 Å². The molecule has 0 amide bonds. The van der Waals surface area contributed by atoms with Gasteiger partial charge in [0.2, 0.25) is 0 Å². The summed E-state index contributed by atoms with van der Waals surface area (Å²) < 4.78 is 0. The fourth-order valence-corrected chi connectivity index (χ4v) is 3.82. The van der Waals surface area contributed by atoms with Crippen molar-refractivity contribution in [3.05, 3.63) is 90.5 Å². The van der Waals surface area contributed by atoms with Gasteiger partial charge in [-0.25, -0.2) is 4.98 Å². The van der Waals surface area contributed by atoms with E-state index in [9.17, 15) is 5.11 Å². The summed E-state index contributed by atoms with van der Waals surface area (Å²) in [6.45, 7) is 0.817. The van der Waals surface area contributed by atoms with Crippen LogP contribution in [-0.4, -0.2) is 21.6 Å². The fraction of sp³-hybridized carbons (Fsp3) is 0.0800. The number of aromatic amines is 1. The van der Waals surface area contributed by atoms with E-state index in [2.05, 4.69) is 40.6 Å². The molecule has 0 unspecified atom stereocenters. The van der Waals surface area contributed by atoms with Crippen LogP contribution in [0.15, 0.2) is 84.9 Å². The number of pyridine rings is 1. The van der Waals surface area contributed by atoms with Crippen molar-refractivity contribution < 1.29 is 5.11 Å². The summed E-state index contributed by atoms with van der Waals surface area (Å²) in [5.41, 5.74) is 5.60. The summed E-state index contributed by atoms with van der Waals surface area (Å²) in [5.74, 6) is 0.143. The molecular weight excluding hydrogens is 358 g/mol. The second kappa shape index (κ2) is 7.32. The molecule has 5 aromatic rings. The molecule has 0 fully saturated rings. The molecule has 2 aromatic heterocycles. The maximum atomic E-state index is 10.6. The van der Waals surface area contributed by atoms with Crippen molar-refractivity contribution in [3.63, 3.8) is 0 Å². The molecule has 0 aliphatic rings. The van der Waals surface area contributed by atoms with Crippen LogP contribution in [0.5, 0.6) is 5.88 Å². The van der Waals surface area contributed by atoms with E-state index in [1.807, 2.05) is 54.6 Å². The molecule has 0 aliphatic heterocycles. The summed E-state index contributed by atoms with van der Waals surface area (Å²) >= 11 is 0. The molecule has 0 saturated heterocycles. The number of nitrogens with one attached hydrogen (secondary N) is 2. The molecule has 0 aliphatic carbocycles. The Morgan fingerprint density at radius 2 is 1.55 bits per heavy atom. The van der Waals surface area contributed by atoms with Crippen LogP contribution in [0.3, 0.4) is 0 Å². The third-order valence-corrected chi connectivity index (χ3v) is 5.23. The van der Waals surface area contributed by atoms with Gasteiger partial charge in [0, 0.05) is 28.5 Å². The first kappa shape index (κ1) is 17.3. The Morgan fingerprint density at radius 3 is 2.41 bits per heavy atom. The summed E-state index contributed by atoms with van der Waals surface area (Å²) in [7, 11) is 0. The minimum Gasteiger partial charge on any atom is -0.494 e.